The lowest BCUT2D eigenvalue weighted by molar-refractivity contribution is -0.143. The number of aromatic amines is 1. The third kappa shape index (κ3) is 6.56. The van der Waals surface area contributed by atoms with Gasteiger partial charge in [0, 0.05) is 64.3 Å². The van der Waals surface area contributed by atoms with E-state index in [9.17, 15) is 14.4 Å². The van der Waals surface area contributed by atoms with E-state index in [0.29, 0.717) is 62.2 Å². The smallest absolute Gasteiger partial charge is 0.326 e. The van der Waals surface area contributed by atoms with E-state index < -0.39 is 5.92 Å². The molecule has 0 saturated carbocycles. The van der Waals surface area contributed by atoms with Gasteiger partial charge in [0.2, 0.25) is 11.8 Å². The second-order valence-corrected chi connectivity index (χ2v) is 14.5. The molecular weight excluding hydrogens is 614 g/mol. The first-order valence-corrected chi connectivity index (χ1v) is 18.0. The number of imidazole rings is 1. The van der Waals surface area contributed by atoms with Gasteiger partial charge in [0.1, 0.15) is 0 Å². The highest BCUT2D eigenvalue weighted by Gasteiger charge is 2.39. The lowest BCUT2D eigenvalue weighted by atomic mass is 9.83. The molecule has 0 spiro atoms. The second-order valence-electron chi connectivity index (χ2n) is 14.1. The number of hydrogen-bond acceptors (Lipinski definition) is 6. The number of fused-ring (bicyclic) bond motifs is 4. The van der Waals surface area contributed by atoms with Gasteiger partial charge in [-0.25, -0.2) is 4.79 Å². The molecule has 0 radical (unpaired) electrons. The maximum Gasteiger partial charge on any atom is 0.326 e. The first kappa shape index (κ1) is 32.2. The monoisotopic (exact) mass is 661 g/mol. The van der Waals surface area contributed by atoms with Crippen LogP contribution in [0.25, 0.3) is 11.0 Å². The number of benzene rings is 2. The molecule has 2 atom stereocenters. The fourth-order valence-corrected chi connectivity index (χ4v) is 8.97. The van der Waals surface area contributed by atoms with Crippen molar-refractivity contribution in [2.75, 3.05) is 64.6 Å². The molecule has 10 nitrogen and oxygen atoms in total. The van der Waals surface area contributed by atoms with E-state index in [-0.39, 0.29) is 30.0 Å². The number of aromatic nitrogens is 2. The van der Waals surface area contributed by atoms with Crippen LogP contribution in [0, 0.1) is 11.8 Å². The topological polar surface area (TPSA) is 111 Å². The lowest BCUT2D eigenvalue weighted by Gasteiger charge is -2.51. The molecule has 5 aliphatic heterocycles. The van der Waals surface area contributed by atoms with Crippen molar-refractivity contribution in [1.82, 2.24) is 29.2 Å². The molecule has 47 heavy (non-hydrogen) atoms. The Hall–Kier alpha value is -3.34. The summed E-state index contributed by atoms with van der Waals surface area (Å²) in [5.74, 6) is 0.341. The first-order chi connectivity index (χ1) is 22.8. The Kier molecular flexibility index (Phi) is 9.35. The average Bonchev–Trinajstić information content (AvgIpc) is 3.45. The molecule has 3 aromatic rings. The number of rotatable bonds is 8. The minimum atomic E-state index is -0.482. The molecule has 0 aliphatic carbocycles. The number of nitrogens with one attached hydrogen (secondary N) is 1. The van der Waals surface area contributed by atoms with Crippen molar-refractivity contribution >= 4 is 40.1 Å². The molecular formula is C36H48ClN7O3. The van der Waals surface area contributed by atoms with Crippen LogP contribution in [0.3, 0.4) is 0 Å². The molecule has 2 bridgehead atoms. The van der Waals surface area contributed by atoms with Gasteiger partial charge in [-0.1, -0.05) is 36.7 Å². The molecule has 8 rings (SSSR count). The van der Waals surface area contributed by atoms with Crippen LogP contribution in [0.15, 0.2) is 41.2 Å². The molecule has 252 valence electrons. The number of piperidine rings is 4. The van der Waals surface area contributed by atoms with Crippen molar-refractivity contribution in [2.24, 2.45) is 11.8 Å². The highest BCUT2D eigenvalue weighted by molar-refractivity contribution is 6.33. The Morgan fingerprint density at radius 3 is 2.36 bits per heavy atom. The Labute approximate surface area is 281 Å². The quantitative estimate of drug-likeness (QED) is 0.356. The number of halogens is 1. The fraction of sp³-hybridized carbons (Fsp3) is 0.583. The fourth-order valence-electron chi connectivity index (χ4n) is 8.71. The zero-order chi connectivity index (χ0) is 32.7. The predicted octanol–water partition coefficient (Wildman–Crippen LogP) is 3.78. The van der Waals surface area contributed by atoms with Crippen LogP contribution < -0.4 is 11.4 Å². The number of carbonyl (C=O) groups is 2. The van der Waals surface area contributed by atoms with E-state index >= 15 is 0 Å². The van der Waals surface area contributed by atoms with Crippen LogP contribution in [-0.2, 0) is 22.4 Å². The summed E-state index contributed by atoms with van der Waals surface area (Å²) in [6, 6.07) is 12.3. The van der Waals surface area contributed by atoms with Gasteiger partial charge in [0.05, 0.1) is 27.7 Å². The summed E-state index contributed by atoms with van der Waals surface area (Å²) in [4.78, 5) is 52.9. The lowest BCUT2D eigenvalue weighted by Crippen LogP contribution is -2.61. The number of piperazine rings is 1. The largest absolute Gasteiger partial charge is 0.397 e. The number of aryl methyl sites for hydroxylation is 1. The van der Waals surface area contributed by atoms with Crippen LogP contribution >= 0.6 is 11.6 Å². The Morgan fingerprint density at radius 1 is 0.957 bits per heavy atom. The number of carbonyl (C=O) groups excluding carboxylic acids is 2. The number of hydrogen-bond donors (Lipinski definition) is 2. The summed E-state index contributed by atoms with van der Waals surface area (Å²) >= 11 is 6.53. The molecule has 1 unspecified atom stereocenters. The van der Waals surface area contributed by atoms with E-state index in [1.165, 1.54) is 25.9 Å². The van der Waals surface area contributed by atoms with Crippen LogP contribution in [0.1, 0.15) is 56.2 Å². The summed E-state index contributed by atoms with van der Waals surface area (Å²) in [5, 5.41) is 0.498. The molecule has 3 N–H and O–H groups in total. The number of H-pyrrole nitrogens is 1. The normalized spacial score (nSPS) is 24.6. The molecule has 5 saturated heterocycles. The van der Waals surface area contributed by atoms with Gasteiger partial charge in [0.25, 0.3) is 0 Å². The van der Waals surface area contributed by atoms with Crippen molar-refractivity contribution in [2.45, 2.75) is 64.0 Å². The van der Waals surface area contributed by atoms with E-state index in [1.807, 2.05) is 57.7 Å². The number of amides is 2. The van der Waals surface area contributed by atoms with Crippen molar-refractivity contribution in [3.63, 3.8) is 0 Å². The maximum atomic E-state index is 14.2. The van der Waals surface area contributed by atoms with E-state index in [2.05, 4.69) is 14.8 Å². The van der Waals surface area contributed by atoms with E-state index in [4.69, 9.17) is 17.3 Å². The highest BCUT2D eigenvalue weighted by Crippen LogP contribution is 2.33. The molecule has 11 heteroatoms. The zero-order valence-electron chi connectivity index (χ0n) is 27.5. The molecule has 5 aliphatic rings. The minimum absolute atomic E-state index is 0.00348. The Balaban J connectivity index is 1.03. The molecule has 1 aromatic heterocycles. The molecule has 2 aromatic carbocycles. The number of nitrogens with zero attached hydrogens (tertiary/aromatic N) is 5. The Morgan fingerprint density at radius 2 is 1.68 bits per heavy atom. The summed E-state index contributed by atoms with van der Waals surface area (Å²) in [7, 11) is 0. The van der Waals surface area contributed by atoms with Crippen LogP contribution in [-0.4, -0.2) is 106 Å². The third-order valence-electron chi connectivity index (χ3n) is 11.4. The number of nitrogens with two attached hydrogens (primary N) is 1. The number of likely N-dealkylation sites (tertiary alicyclic amines) is 1. The summed E-state index contributed by atoms with van der Waals surface area (Å²) in [6.07, 6.45) is 5.30. The Bertz CT molecular complexity index is 1660. The second kappa shape index (κ2) is 13.6. The third-order valence-corrected chi connectivity index (χ3v) is 11.7. The average molecular weight is 662 g/mol. The summed E-state index contributed by atoms with van der Waals surface area (Å²) in [6.45, 7) is 9.92. The van der Waals surface area contributed by atoms with Gasteiger partial charge >= 0.3 is 5.69 Å². The maximum absolute atomic E-state index is 14.2. The summed E-state index contributed by atoms with van der Waals surface area (Å²) in [5.41, 5.74) is 10.3. The van der Waals surface area contributed by atoms with Crippen LogP contribution in [0.2, 0.25) is 5.02 Å². The van der Waals surface area contributed by atoms with Gasteiger partial charge in [-0.2, -0.15) is 0 Å². The van der Waals surface area contributed by atoms with Gasteiger partial charge in [0.15, 0.2) is 0 Å². The molecule has 5 fully saturated rings. The van der Waals surface area contributed by atoms with Crippen molar-refractivity contribution in [1.29, 1.82) is 0 Å². The standard InChI is InChI=1S/C36H48ClN7O3/c1-2-25-19-24(21-29(37)34(25)38)20-27(35(46)43-17-15-41(16-18-43)32-23-40-11-7-26(32)8-12-40)22-33(45)42-13-9-28(10-14-42)44-31-6-4-3-5-30(31)39-36(44)47/h3-6,19,21,26-28,32H,2,7-18,20,22-23,38H2,1H3,(H,39,47)/t27-,32?/m0/s1. The van der Waals surface area contributed by atoms with Crippen molar-refractivity contribution in [3.8, 4) is 0 Å². The van der Waals surface area contributed by atoms with E-state index in [0.717, 1.165) is 54.1 Å². The molecule has 6 heterocycles. The van der Waals surface area contributed by atoms with Gasteiger partial charge in [-0.05, 0) is 86.9 Å². The van der Waals surface area contributed by atoms with E-state index in [1.54, 1.807) is 0 Å². The number of para-hydroxylation sites is 2. The van der Waals surface area contributed by atoms with Gasteiger partial charge < -0.3 is 25.4 Å². The zero-order valence-corrected chi connectivity index (χ0v) is 28.3. The first-order valence-electron chi connectivity index (χ1n) is 17.6. The highest BCUT2D eigenvalue weighted by atomic mass is 35.5. The predicted molar refractivity (Wildman–Crippen MR) is 186 cm³/mol. The van der Waals surface area contributed by atoms with Crippen molar-refractivity contribution < 1.29 is 9.59 Å². The summed E-state index contributed by atoms with van der Waals surface area (Å²) < 4.78 is 1.84. The van der Waals surface area contributed by atoms with Gasteiger partial charge in [-0.3, -0.25) is 19.1 Å². The SMILES string of the molecule is CCc1cc(C[C@@H](CC(=O)N2CCC(n3c(=O)[nH]c4ccccc43)CC2)C(=O)N2CCN(C3CN4CCC3CC4)CC2)cc(Cl)c1N. The molecule has 2 amide bonds. The van der Waals surface area contributed by atoms with Gasteiger partial charge in [-0.15, -0.1) is 0 Å². The van der Waals surface area contributed by atoms with Crippen LogP contribution in [0.5, 0.6) is 0 Å². The number of anilines is 1. The van der Waals surface area contributed by atoms with Crippen LogP contribution in [0.4, 0.5) is 5.69 Å². The van der Waals surface area contributed by atoms with Crippen molar-refractivity contribution in [3.05, 3.63) is 63.0 Å². The number of nitrogen functional groups attached to an aromatic ring is 1. The minimum Gasteiger partial charge on any atom is -0.397 e.